The molecule has 3 unspecified atom stereocenters. The topological polar surface area (TPSA) is 15.3 Å². The van der Waals surface area contributed by atoms with Gasteiger partial charge in [0.1, 0.15) is 8.24 Å². The lowest BCUT2D eigenvalue weighted by atomic mass is 10.3. The van der Waals surface area contributed by atoms with Gasteiger partial charge in [0.05, 0.1) is 0 Å². The van der Waals surface area contributed by atoms with Crippen molar-refractivity contribution in [2.75, 3.05) is 19.8 Å². The van der Waals surface area contributed by atoms with Crippen molar-refractivity contribution in [3.63, 3.8) is 0 Å². The summed E-state index contributed by atoms with van der Waals surface area (Å²) in [6.45, 7) is 18.5. The van der Waals surface area contributed by atoms with Crippen LogP contribution in [0.15, 0.2) is 0 Å². The normalized spacial score (nSPS) is 25.6. The molecule has 1 rings (SSSR count). The van der Waals surface area contributed by atoms with E-state index >= 15 is 0 Å². The highest BCUT2D eigenvalue weighted by atomic mass is 28.3. The molecule has 1 aliphatic heterocycles. The largest absolute Gasteiger partial charge is 0.311 e. The molecule has 1 heterocycles. The maximum Gasteiger partial charge on any atom is 0.138 e. The maximum atomic E-state index is 3.64. The molecule has 3 heteroatoms. The number of hydrogen-bond acceptors (Lipinski definition) is 2. The number of rotatable bonds is 7. The first-order chi connectivity index (χ1) is 9.05. The molecule has 0 amide bonds. The van der Waals surface area contributed by atoms with Gasteiger partial charge in [0.2, 0.25) is 0 Å². The van der Waals surface area contributed by atoms with Crippen LogP contribution in [0.4, 0.5) is 0 Å². The molecule has 0 radical (unpaired) electrons. The SMILES string of the molecule is CCC(C)[Si](C(C)CC)(C(C)CC)N1CCCNC1. The fourth-order valence-electron chi connectivity index (χ4n) is 4.39. The molecule has 0 bridgehead atoms. The van der Waals surface area contributed by atoms with Gasteiger partial charge in [-0.3, -0.25) is 0 Å². The Kier molecular flexibility index (Phi) is 7.05. The number of nitrogens with one attached hydrogen (secondary N) is 1. The van der Waals surface area contributed by atoms with E-state index in [1.165, 1.54) is 38.8 Å². The Morgan fingerprint density at radius 3 is 1.74 bits per heavy atom. The summed E-state index contributed by atoms with van der Waals surface area (Å²) in [5.74, 6) is 0. The Labute approximate surface area is 122 Å². The Bertz CT molecular complexity index is 225. The first kappa shape index (κ1) is 17.2. The van der Waals surface area contributed by atoms with Gasteiger partial charge in [0.25, 0.3) is 0 Å². The van der Waals surface area contributed by atoms with Crippen LogP contribution >= 0.6 is 0 Å². The van der Waals surface area contributed by atoms with Crippen LogP contribution in [0.5, 0.6) is 0 Å². The highest BCUT2D eigenvalue weighted by molar-refractivity contribution is 6.81. The average Bonchev–Trinajstić information content (AvgIpc) is 2.47. The van der Waals surface area contributed by atoms with Crippen LogP contribution in [-0.2, 0) is 0 Å². The molecular weight excluding hydrogens is 248 g/mol. The molecule has 0 aliphatic carbocycles. The van der Waals surface area contributed by atoms with E-state index in [4.69, 9.17) is 0 Å². The molecule has 0 spiro atoms. The van der Waals surface area contributed by atoms with Gasteiger partial charge in [-0.05, 0) is 36.1 Å². The minimum atomic E-state index is -1.43. The third-order valence-electron chi connectivity index (χ3n) is 5.84. The fourth-order valence-corrected chi connectivity index (χ4v) is 12.1. The van der Waals surface area contributed by atoms with Crippen LogP contribution in [0.25, 0.3) is 0 Å². The summed E-state index contributed by atoms with van der Waals surface area (Å²) in [5.41, 5.74) is 2.70. The standard InChI is InChI=1S/C16H36N2Si/c1-7-14(4)19(15(5)8-2,16(6)9-3)18-12-10-11-17-13-18/h14-17H,7-13H2,1-6H3. The second kappa shape index (κ2) is 7.80. The predicted octanol–water partition coefficient (Wildman–Crippen LogP) is 4.59. The van der Waals surface area contributed by atoms with Gasteiger partial charge in [-0.15, -0.1) is 0 Å². The van der Waals surface area contributed by atoms with Crippen molar-refractivity contribution in [3.05, 3.63) is 0 Å². The lowest BCUT2D eigenvalue weighted by Gasteiger charge is -2.54. The summed E-state index contributed by atoms with van der Waals surface area (Å²) >= 11 is 0. The second-order valence-corrected chi connectivity index (χ2v) is 12.0. The minimum Gasteiger partial charge on any atom is -0.311 e. The first-order valence-electron chi connectivity index (χ1n) is 8.51. The molecule has 2 nitrogen and oxygen atoms in total. The molecule has 0 saturated carbocycles. The van der Waals surface area contributed by atoms with Gasteiger partial charge in [0, 0.05) is 6.67 Å². The summed E-state index contributed by atoms with van der Waals surface area (Å²) in [6.07, 6.45) is 5.37. The summed E-state index contributed by atoms with van der Waals surface area (Å²) < 4.78 is 2.92. The van der Waals surface area contributed by atoms with Crippen molar-refractivity contribution < 1.29 is 0 Å². The zero-order valence-electron chi connectivity index (χ0n) is 14.1. The van der Waals surface area contributed by atoms with Gasteiger partial charge >= 0.3 is 0 Å². The smallest absolute Gasteiger partial charge is 0.138 e. The van der Waals surface area contributed by atoms with E-state index in [1.807, 2.05) is 0 Å². The Morgan fingerprint density at radius 2 is 1.42 bits per heavy atom. The average molecular weight is 285 g/mol. The summed E-state index contributed by atoms with van der Waals surface area (Å²) in [5, 5.41) is 3.64. The van der Waals surface area contributed by atoms with Crippen LogP contribution in [0.2, 0.25) is 16.6 Å². The van der Waals surface area contributed by atoms with Gasteiger partial charge in [-0.25, -0.2) is 0 Å². The third-order valence-corrected chi connectivity index (χ3v) is 13.3. The lowest BCUT2D eigenvalue weighted by Crippen LogP contribution is -2.65. The van der Waals surface area contributed by atoms with Crippen LogP contribution < -0.4 is 5.32 Å². The van der Waals surface area contributed by atoms with E-state index in [0.717, 1.165) is 23.3 Å². The van der Waals surface area contributed by atoms with Crippen molar-refractivity contribution in [2.24, 2.45) is 0 Å². The van der Waals surface area contributed by atoms with E-state index < -0.39 is 8.24 Å². The fraction of sp³-hybridized carbons (Fsp3) is 1.00. The van der Waals surface area contributed by atoms with Crippen LogP contribution in [0, 0.1) is 0 Å². The van der Waals surface area contributed by atoms with E-state index in [1.54, 1.807) is 0 Å². The van der Waals surface area contributed by atoms with E-state index in [0.29, 0.717) is 0 Å². The monoisotopic (exact) mass is 284 g/mol. The van der Waals surface area contributed by atoms with Crippen molar-refractivity contribution in [1.82, 2.24) is 9.88 Å². The Hall–Kier alpha value is 0.137. The molecule has 0 aromatic rings. The highest BCUT2D eigenvalue weighted by Gasteiger charge is 2.50. The quantitative estimate of drug-likeness (QED) is 0.688. The first-order valence-corrected chi connectivity index (χ1v) is 10.7. The lowest BCUT2D eigenvalue weighted by molar-refractivity contribution is 0.301. The summed E-state index contributed by atoms with van der Waals surface area (Å²) in [7, 11) is -1.43. The van der Waals surface area contributed by atoms with Gasteiger partial charge < -0.3 is 9.88 Å². The molecule has 114 valence electrons. The zero-order valence-corrected chi connectivity index (χ0v) is 15.1. The molecule has 3 atom stereocenters. The second-order valence-electron chi connectivity index (χ2n) is 6.59. The predicted molar refractivity (Wildman–Crippen MR) is 89.1 cm³/mol. The Morgan fingerprint density at radius 1 is 0.947 bits per heavy atom. The molecule has 1 aliphatic rings. The molecule has 0 aromatic carbocycles. The molecule has 1 fully saturated rings. The van der Waals surface area contributed by atoms with Gasteiger partial charge in [0.15, 0.2) is 0 Å². The highest BCUT2D eigenvalue weighted by Crippen LogP contribution is 2.48. The third kappa shape index (κ3) is 3.25. The van der Waals surface area contributed by atoms with E-state index in [9.17, 15) is 0 Å². The van der Waals surface area contributed by atoms with Crippen LogP contribution in [0.3, 0.4) is 0 Å². The van der Waals surface area contributed by atoms with Crippen molar-refractivity contribution in [3.8, 4) is 0 Å². The van der Waals surface area contributed by atoms with E-state index in [2.05, 4.69) is 51.4 Å². The van der Waals surface area contributed by atoms with E-state index in [-0.39, 0.29) is 0 Å². The molecule has 1 saturated heterocycles. The molecule has 1 N–H and O–H groups in total. The van der Waals surface area contributed by atoms with Crippen molar-refractivity contribution in [1.29, 1.82) is 0 Å². The minimum absolute atomic E-state index is 0.900. The van der Waals surface area contributed by atoms with Gasteiger partial charge in [-0.2, -0.15) is 0 Å². The Balaban J connectivity index is 3.15. The van der Waals surface area contributed by atoms with Gasteiger partial charge in [-0.1, -0.05) is 60.8 Å². The molecule has 0 aromatic heterocycles. The molecular formula is C16H36N2Si. The van der Waals surface area contributed by atoms with Crippen molar-refractivity contribution in [2.45, 2.75) is 83.8 Å². The summed E-state index contributed by atoms with van der Waals surface area (Å²) in [6, 6.07) is 0. The zero-order chi connectivity index (χ0) is 14.5. The van der Waals surface area contributed by atoms with Crippen LogP contribution in [0.1, 0.15) is 67.2 Å². The number of nitrogens with zero attached hydrogens (tertiary/aromatic N) is 1. The molecule has 19 heavy (non-hydrogen) atoms. The number of hydrogen-bond donors (Lipinski definition) is 1. The van der Waals surface area contributed by atoms with Crippen LogP contribution in [-0.4, -0.2) is 32.6 Å². The van der Waals surface area contributed by atoms with Crippen molar-refractivity contribution >= 4 is 8.24 Å². The maximum absolute atomic E-state index is 3.64. The summed E-state index contributed by atoms with van der Waals surface area (Å²) in [4.78, 5) is 0.